The van der Waals surface area contributed by atoms with E-state index in [1.165, 1.54) is 0 Å². The molecule has 31 heavy (non-hydrogen) atoms. The Morgan fingerprint density at radius 1 is 1.23 bits per heavy atom. The zero-order chi connectivity index (χ0) is 22.1. The topological polar surface area (TPSA) is 80.5 Å². The summed E-state index contributed by atoms with van der Waals surface area (Å²) in [6.45, 7) is 2.15. The number of nitriles is 1. The molecule has 1 unspecified atom stereocenters. The predicted octanol–water partition coefficient (Wildman–Crippen LogP) is 3.83. The van der Waals surface area contributed by atoms with Crippen molar-refractivity contribution in [3.63, 3.8) is 0 Å². The number of carbonyl (C=O) groups excluding carboxylic acids is 1. The maximum absolute atomic E-state index is 14.3. The van der Waals surface area contributed by atoms with Crippen molar-refractivity contribution in [2.45, 2.75) is 18.9 Å². The fraction of sp³-hybridized carbons (Fsp3) is 0.292. The molecule has 7 heteroatoms. The molecule has 2 aliphatic rings. The molecule has 2 aliphatic heterocycles. The second-order valence-electron chi connectivity index (χ2n) is 7.57. The normalized spacial score (nSPS) is 19.3. The van der Waals surface area contributed by atoms with Gasteiger partial charge in [0.2, 0.25) is 6.41 Å². The van der Waals surface area contributed by atoms with Crippen molar-refractivity contribution in [3.8, 4) is 6.07 Å². The van der Waals surface area contributed by atoms with E-state index >= 15 is 0 Å². The second kappa shape index (κ2) is 11.0. The van der Waals surface area contributed by atoms with Crippen LogP contribution in [0.1, 0.15) is 35.6 Å². The van der Waals surface area contributed by atoms with Crippen LogP contribution in [-0.2, 0) is 4.79 Å². The van der Waals surface area contributed by atoms with E-state index in [2.05, 4.69) is 27.6 Å². The number of anilines is 1. The standard InChI is InChI=1S/C16H20FN3.C8H6N2O/c1-20-9-5-12(6-10-20)16-15-13(3-2-4-14(15)17)11-18-7-8-19-16;9-5-7-1-3-8(4-2-7)10-6-11/h2-4,7-8,11-12,16,19H,5-6,9-10H2,1H3;1-4,6H,(H,10,11)/b8-7-,18-11?;. The minimum absolute atomic E-state index is 0.0305. The van der Waals surface area contributed by atoms with Gasteiger partial charge in [-0.3, -0.25) is 9.79 Å². The molecule has 0 radical (unpaired) electrons. The van der Waals surface area contributed by atoms with Gasteiger partial charge in [-0.1, -0.05) is 12.1 Å². The monoisotopic (exact) mass is 419 g/mol. The zero-order valence-electron chi connectivity index (χ0n) is 17.5. The van der Waals surface area contributed by atoms with Gasteiger partial charge < -0.3 is 15.5 Å². The third-order valence-electron chi connectivity index (χ3n) is 5.52. The maximum atomic E-state index is 14.3. The molecule has 2 aromatic rings. The van der Waals surface area contributed by atoms with Crippen LogP contribution in [0.4, 0.5) is 10.1 Å². The van der Waals surface area contributed by atoms with E-state index in [1.807, 2.05) is 18.3 Å². The highest BCUT2D eigenvalue weighted by molar-refractivity contribution is 5.82. The number of hydrogen-bond acceptors (Lipinski definition) is 5. The maximum Gasteiger partial charge on any atom is 0.211 e. The molecule has 1 amide bonds. The van der Waals surface area contributed by atoms with Crippen molar-refractivity contribution < 1.29 is 9.18 Å². The molecule has 0 saturated carbocycles. The van der Waals surface area contributed by atoms with Gasteiger partial charge in [0.1, 0.15) is 5.82 Å². The lowest BCUT2D eigenvalue weighted by Gasteiger charge is -2.35. The summed E-state index contributed by atoms with van der Waals surface area (Å²) < 4.78 is 14.3. The van der Waals surface area contributed by atoms with Gasteiger partial charge in [-0.15, -0.1) is 0 Å². The Hall–Kier alpha value is -3.50. The quantitative estimate of drug-likeness (QED) is 0.741. The van der Waals surface area contributed by atoms with E-state index in [0.717, 1.165) is 37.1 Å². The van der Waals surface area contributed by atoms with Crippen LogP contribution < -0.4 is 10.6 Å². The molecule has 2 aromatic carbocycles. The molecule has 1 fully saturated rings. The van der Waals surface area contributed by atoms with Crippen LogP contribution in [0, 0.1) is 23.1 Å². The summed E-state index contributed by atoms with van der Waals surface area (Å²) >= 11 is 0. The summed E-state index contributed by atoms with van der Waals surface area (Å²) in [6, 6.07) is 13.9. The van der Waals surface area contributed by atoms with E-state index < -0.39 is 0 Å². The highest BCUT2D eigenvalue weighted by atomic mass is 19.1. The molecule has 0 bridgehead atoms. The molecule has 1 atom stereocenters. The van der Waals surface area contributed by atoms with Crippen molar-refractivity contribution in [2.75, 3.05) is 25.5 Å². The first-order valence-electron chi connectivity index (χ1n) is 10.2. The van der Waals surface area contributed by atoms with E-state index in [1.54, 1.807) is 48.8 Å². The van der Waals surface area contributed by atoms with E-state index in [-0.39, 0.29) is 11.9 Å². The number of hydrogen-bond donors (Lipinski definition) is 2. The molecule has 2 heterocycles. The lowest BCUT2D eigenvalue weighted by molar-refractivity contribution is -0.105. The van der Waals surface area contributed by atoms with Gasteiger partial charge in [-0.05, 0) is 69.2 Å². The van der Waals surface area contributed by atoms with Gasteiger partial charge in [0, 0.05) is 35.4 Å². The molecule has 4 rings (SSSR count). The minimum Gasteiger partial charge on any atom is -0.382 e. The molecule has 0 spiro atoms. The summed E-state index contributed by atoms with van der Waals surface area (Å²) in [5.74, 6) is 0.318. The van der Waals surface area contributed by atoms with Crippen LogP contribution in [0.2, 0.25) is 0 Å². The molecular weight excluding hydrogens is 393 g/mol. The average molecular weight is 420 g/mol. The number of rotatable bonds is 3. The average Bonchev–Trinajstić information content (AvgIpc) is 2.77. The van der Waals surface area contributed by atoms with E-state index in [0.29, 0.717) is 23.6 Å². The Morgan fingerprint density at radius 2 is 1.97 bits per heavy atom. The highest BCUT2D eigenvalue weighted by Gasteiger charge is 2.29. The first-order chi connectivity index (χ1) is 15.1. The van der Waals surface area contributed by atoms with Gasteiger partial charge >= 0.3 is 0 Å². The summed E-state index contributed by atoms with van der Waals surface area (Å²) in [5.41, 5.74) is 2.92. The Morgan fingerprint density at radius 3 is 2.65 bits per heavy atom. The first-order valence-corrected chi connectivity index (χ1v) is 10.2. The Kier molecular flexibility index (Phi) is 7.91. The van der Waals surface area contributed by atoms with Crippen LogP contribution in [0.15, 0.2) is 59.9 Å². The predicted molar refractivity (Wildman–Crippen MR) is 120 cm³/mol. The number of fused-ring (bicyclic) bond motifs is 1. The summed E-state index contributed by atoms with van der Waals surface area (Å²) in [7, 11) is 2.14. The van der Waals surface area contributed by atoms with Crippen molar-refractivity contribution in [3.05, 3.63) is 77.4 Å². The number of aliphatic imine (C=N–C) groups is 1. The van der Waals surface area contributed by atoms with Gasteiger partial charge in [-0.2, -0.15) is 5.26 Å². The third-order valence-corrected chi connectivity index (χ3v) is 5.52. The molecule has 6 nitrogen and oxygen atoms in total. The van der Waals surface area contributed by atoms with E-state index in [4.69, 9.17) is 5.26 Å². The number of carbonyl (C=O) groups is 1. The number of piperidine rings is 1. The first kappa shape index (κ1) is 22.2. The molecule has 160 valence electrons. The van der Waals surface area contributed by atoms with Gasteiger partial charge in [0.15, 0.2) is 0 Å². The second-order valence-corrected chi connectivity index (χ2v) is 7.57. The smallest absolute Gasteiger partial charge is 0.211 e. The summed E-state index contributed by atoms with van der Waals surface area (Å²) in [6.07, 6.45) is 8.09. The molecular formula is C24H26FN5O. The SMILES string of the molecule is CN1CCC(C2N/C=C\N=Cc3cccc(F)c32)CC1.N#Cc1ccc(NC=O)cc1. The molecule has 0 aliphatic carbocycles. The lowest BCUT2D eigenvalue weighted by Crippen LogP contribution is -2.37. The van der Waals surface area contributed by atoms with Crippen molar-refractivity contribution in [2.24, 2.45) is 10.9 Å². The number of benzene rings is 2. The Balaban J connectivity index is 0.000000210. The number of nitrogens with one attached hydrogen (secondary N) is 2. The zero-order valence-corrected chi connectivity index (χ0v) is 17.5. The number of nitrogens with zero attached hydrogens (tertiary/aromatic N) is 3. The minimum atomic E-state index is -0.138. The van der Waals surface area contributed by atoms with Crippen LogP contribution in [0.3, 0.4) is 0 Å². The molecule has 2 N–H and O–H groups in total. The van der Waals surface area contributed by atoms with Gasteiger partial charge in [-0.25, -0.2) is 4.39 Å². The largest absolute Gasteiger partial charge is 0.382 e. The molecule has 1 saturated heterocycles. The highest BCUT2D eigenvalue weighted by Crippen LogP contribution is 2.34. The Bertz CT molecular complexity index is 972. The van der Waals surface area contributed by atoms with E-state index in [9.17, 15) is 9.18 Å². The molecule has 0 aromatic heterocycles. The van der Waals surface area contributed by atoms with Crippen molar-refractivity contribution in [1.82, 2.24) is 10.2 Å². The van der Waals surface area contributed by atoms with Gasteiger partial charge in [0.25, 0.3) is 0 Å². The fourth-order valence-corrected chi connectivity index (χ4v) is 3.83. The van der Waals surface area contributed by atoms with Crippen LogP contribution in [0.5, 0.6) is 0 Å². The van der Waals surface area contributed by atoms with Gasteiger partial charge in [0.05, 0.1) is 17.7 Å². The van der Waals surface area contributed by atoms with Crippen LogP contribution in [0.25, 0.3) is 0 Å². The van der Waals surface area contributed by atoms with Crippen molar-refractivity contribution >= 4 is 18.3 Å². The summed E-state index contributed by atoms with van der Waals surface area (Å²) in [4.78, 5) is 16.4. The van der Waals surface area contributed by atoms with Crippen LogP contribution >= 0.6 is 0 Å². The lowest BCUT2D eigenvalue weighted by atomic mass is 9.83. The number of amides is 1. The van der Waals surface area contributed by atoms with Crippen molar-refractivity contribution in [1.29, 1.82) is 5.26 Å². The Labute approximate surface area is 182 Å². The summed E-state index contributed by atoms with van der Waals surface area (Å²) in [5, 5.41) is 14.2. The fourth-order valence-electron chi connectivity index (χ4n) is 3.83. The third kappa shape index (κ3) is 6.00. The number of likely N-dealkylation sites (tertiary alicyclic amines) is 1. The number of halogens is 1. The van der Waals surface area contributed by atoms with Crippen LogP contribution in [-0.4, -0.2) is 37.7 Å².